The van der Waals surface area contributed by atoms with Gasteiger partial charge in [0.15, 0.2) is 0 Å². The van der Waals surface area contributed by atoms with Crippen molar-refractivity contribution in [1.82, 2.24) is 5.09 Å². The van der Waals surface area contributed by atoms with Gasteiger partial charge < -0.3 is 9.61 Å². The molecule has 6 heteroatoms. The third kappa shape index (κ3) is 7.34. The molecule has 0 aromatic carbocycles. The van der Waals surface area contributed by atoms with Gasteiger partial charge in [-0.05, 0) is 31.6 Å². The Morgan fingerprint density at radius 1 is 1.60 bits per heavy atom. The van der Waals surface area contributed by atoms with Crippen LogP contribution in [0.4, 0.5) is 0 Å². The molecule has 0 saturated carbocycles. The summed E-state index contributed by atoms with van der Waals surface area (Å²) in [5.74, 6) is 1.02. The summed E-state index contributed by atoms with van der Waals surface area (Å²) in [6.07, 6.45) is 3.86. The Bertz CT molecular complexity index is 236. The number of hydrogen-bond donors (Lipinski definition) is 1. The Labute approximate surface area is 102 Å². The van der Waals surface area contributed by atoms with E-state index in [1.807, 2.05) is 0 Å². The smallest absolute Gasteiger partial charge is 0.210 e. The number of nitrogens with one attached hydrogen (secondary N) is 1. The van der Waals surface area contributed by atoms with Gasteiger partial charge in [-0.15, -0.1) is 0 Å². The van der Waals surface area contributed by atoms with Crippen LogP contribution in [-0.2, 0) is 16.3 Å². The predicted octanol–water partition coefficient (Wildman–Crippen LogP) is 3.42. The molecule has 2 unspecified atom stereocenters. The molecule has 0 aromatic rings. The van der Waals surface area contributed by atoms with E-state index in [1.54, 1.807) is 24.8 Å². The van der Waals surface area contributed by atoms with Crippen molar-refractivity contribution >= 4 is 35.1 Å². The van der Waals surface area contributed by atoms with Gasteiger partial charge in [-0.25, -0.2) is 0 Å². The molecule has 0 saturated heterocycles. The molecule has 0 aliphatic rings. The van der Waals surface area contributed by atoms with Gasteiger partial charge in [0.05, 0.1) is 6.34 Å². The molecule has 90 valence electrons. The lowest BCUT2D eigenvalue weighted by Gasteiger charge is -2.18. The van der Waals surface area contributed by atoms with E-state index in [0.29, 0.717) is 6.04 Å². The monoisotopic (exact) mass is 268 g/mol. The first-order valence-corrected chi connectivity index (χ1v) is 9.48. The Hall–Kier alpha value is 0.430. The van der Waals surface area contributed by atoms with E-state index in [4.69, 9.17) is 16.3 Å². The predicted molar refractivity (Wildman–Crippen MR) is 75.4 cm³/mol. The maximum absolute atomic E-state index is 5.41. The van der Waals surface area contributed by atoms with Crippen molar-refractivity contribution in [3.8, 4) is 0 Å². The van der Waals surface area contributed by atoms with Crippen molar-refractivity contribution in [2.24, 2.45) is 4.99 Å². The van der Waals surface area contributed by atoms with Crippen LogP contribution in [0.1, 0.15) is 33.6 Å². The fourth-order valence-electron chi connectivity index (χ4n) is 0.691. The van der Waals surface area contributed by atoms with Crippen molar-refractivity contribution in [3.05, 3.63) is 0 Å². The van der Waals surface area contributed by atoms with Crippen LogP contribution in [0.3, 0.4) is 0 Å². The molecule has 3 nitrogen and oxygen atoms in total. The maximum atomic E-state index is 5.41. The van der Waals surface area contributed by atoms with Gasteiger partial charge in [0, 0.05) is 18.9 Å². The van der Waals surface area contributed by atoms with Gasteiger partial charge in [-0.2, -0.15) is 0 Å². The zero-order chi connectivity index (χ0) is 11.7. The van der Waals surface area contributed by atoms with Crippen LogP contribution in [0.15, 0.2) is 4.99 Å². The molecule has 0 rings (SSSR count). The lowest BCUT2D eigenvalue weighted by molar-refractivity contribution is 0.467. The fourth-order valence-corrected chi connectivity index (χ4v) is 4.37. The Kier molecular flexibility index (Phi) is 8.81. The van der Waals surface area contributed by atoms with E-state index >= 15 is 0 Å². The van der Waals surface area contributed by atoms with Crippen LogP contribution < -0.4 is 5.09 Å². The minimum atomic E-state index is -1.93. The lowest BCUT2D eigenvalue weighted by Crippen LogP contribution is -2.09. The topological polar surface area (TPSA) is 33.6 Å². The van der Waals surface area contributed by atoms with Crippen molar-refractivity contribution in [2.75, 3.05) is 12.9 Å². The normalized spacial score (nSPS) is 17.6. The summed E-state index contributed by atoms with van der Waals surface area (Å²) < 4.78 is 5.34. The molecule has 0 aromatic heterocycles. The van der Waals surface area contributed by atoms with Crippen molar-refractivity contribution in [1.29, 1.82) is 0 Å². The minimum absolute atomic E-state index is 0.342. The second-order valence-electron chi connectivity index (χ2n) is 3.18. The van der Waals surface area contributed by atoms with E-state index in [1.165, 1.54) is 0 Å². The fraction of sp³-hybridized carbons (Fsp3) is 0.889. The molecule has 0 spiro atoms. The van der Waals surface area contributed by atoms with Crippen LogP contribution in [0.5, 0.6) is 0 Å². The van der Waals surface area contributed by atoms with E-state index in [-0.39, 0.29) is 0 Å². The van der Waals surface area contributed by atoms with Crippen molar-refractivity contribution in [3.63, 3.8) is 0 Å². The van der Waals surface area contributed by atoms with Crippen LogP contribution in [0, 0.1) is 0 Å². The lowest BCUT2D eigenvalue weighted by atomic mass is 10.3. The van der Waals surface area contributed by atoms with Gasteiger partial charge in [-0.3, -0.25) is 4.99 Å². The third-order valence-electron chi connectivity index (χ3n) is 1.84. The summed E-state index contributed by atoms with van der Waals surface area (Å²) in [6, 6.07) is 0.342. The second kappa shape index (κ2) is 8.57. The van der Waals surface area contributed by atoms with Gasteiger partial charge in [0.1, 0.15) is 0 Å². The van der Waals surface area contributed by atoms with Gasteiger partial charge in [0.2, 0.25) is 5.62 Å². The van der Waals surface area contributed by atoms with E-state index in [9.17, 15) is 0 Å². The number of hydrogen-bond acceptors (Lipinski definition) is 4. The van der Waals surface area contributed by atoms with E-state index < -0.39 is 5.62 Å². The van der Waals surface area contributed by atoms with Crippen LogP contribution in [0.25, 0.3) is 0 Å². The third-order valence-corrected chi connectivity index (χ3v) is 7.73. The first kappa shape index (κ1) is 15.4. The summed E-state index contributed by atoms with van der Waals surface area (Å²) in [4.78, 5) is 4.32. The molecule has 0 fully saturated rings. The molecular formula is C9H21N2OPS2. The van der Waals surface area contributed by atoms with Crippen LogP contribution in [0.2, 0.25) is 0 Å². The Morgan fingerprint density at radius 3 is 2.73 bits per heavy atom. The molecule has 0 aliphatic carbocycles. The van der Waals surface area contributed by atoms with Crippen LogP contribution in [-0.4, -0.2) is 25.2 Å². The highest BCUT2D eigenvalue weighted by Crippen LogP contribution is 2.55. The molecule has 0 radical (unpaired) electrons. The molecule has 0 amide bonds. The molecule has 0 bridgehead atoms. The summed E-state index contributed by atoms with van der Waals surface area (Å²) in [5.41, 5.74) is -1.93. The standard InChI is InChI=1S/C9H21N2OPS2/c1-5-7-15-13(14,12-4)11-8-10-9(3)6-2/h8-9H,5-7H2,1-4H3,(H,10,11,14). The zero-order valence-electron chi connectivity index (χ0n) is 9.90. The van der Waals surface area contributed by atoms with E-state index in [2.05, 4.69) is 30.9 Å². The highest BCUT2D eigenvalue weighted by Gasteiger charge is 2.13. The van der Waals surface area contributed by atoms with E-state index in [0.717, 1.165) is 18.6 Å². The van der Waals surface area contributed by atoms with Gasteiger partial charge in [0.25, 0.3) is 0 Å². The summed E-state index contributed by atoms with van der Waals surface area (Å²) in [5, 5.41) is 3.12. The van der Waals surface area contributed by atoms with Crippen LogP contribution >= 0.6 is 17.0 Å². The number of nitrogens with zero attached hydrogens (tertiary/aromatic N) is 1. The summed E-state index contributed by atoms with van der Waals surface area (Å²) >= 11 is 7.09. The molecule has 1 N–H and O–H groups in total. The highest BCUT2D eigenvalue weighted by atomic mass is 32.9. The molecule has 0 heterocycles. The first-order chi connectivity index (χ1) is 7.08. The summed E-state index contributed by atoms with van der Waals surface area (Å²) in [7, 11) is 1.66. The van der Waals surface area contributed by atoms with Crippen molar-refractivity contribution < 1.29 is 4.52 Å². The van der Waals surface area contributed by atoms with Gasteiger partial charge >= 0.3 is 0 Å². The zero-order valence-corrected chi connectivity index (χ0v) is 12.4. The van der Waals surface area contributed by atoms with Gasteiger partial charge in [-0.1, -0.05) is 25.2 Å². The Morgan fingerprint density at radius 2 is 2.27 bits per heavy atom. The second-order valence-corrected chi connectivity index (χ2v) is 10.0. The average molecular weight is 268 g/mol. The number of aliphatic imine (C=N–C) groups is 1. The minimum Gasteiger partial charge on any atom is -0.330 e. The van der Waals surface area contributed by atoms with Crippen molar-refractivity contribution in [2.45, 2.75) is 39.7 Å². The first-order valence-electron chi connectivity index (χ1n) is 5.17. The SMILES string of the molecule is CCCSP(=S)(NC=NC(C)CC)OC. The Balaban J connectivity index is 4.08. The quantitative estimate of drug-likeness (QED) is 0.415. The number of rotatable bonds is 8. The molecular weight excluding hydrogens is 247 g/mol. The molecule has 2 atom stereocenters. The average Bonchev–Trinajstić information content (AvgIpc) is 2.26. The highest BCUT2D eigenvalue weighted by molar-refractivity contribution is 8.68. The molecule has 0 aliphatic heterocycles. The maximum Gasteiger partial charge on any atom is 0.210 e. The largest absolute Gasteiger partial charge is 0.330 e. The molecule has 15 heavy (non-hydrogen) atoms. The summed E-state index contributed by atoms with van der Waals surface area (Å²) in [6.45, 7) is 6.32.